The van der Waals surface area contributed by atoms with Crippen LogP contribution in [0.25, 0.3) is 164 Å². The summed E-state index contributed by atoms with van der Waals surface area (Å²) in [4.78, 5) is 0. The van der Waals surface area contributed by atoms with E-state index in [0.29, 0.717) is 0 Å². The van der Waals surface area contributed by atoms with Crippen molar-refractivity contribution in [2.45, 2.75) is 130 Å². The molecule has 0 aliphatic heterocycles. The first-order chi connectivity index (χ1) is 69.8. The lowest BCUT2D eigenvalue weighted by molar-refractivity contribution is 0.660. The molecule has 708 valence electrons. The maximum atomic E-state index is 2.30. The lowest BCUT2D eigenvalue weighted by Gasteiger charge is -2.20. The van der Waals surface area contributed by atoms with Crippen LogP contribution in [-0.2, 0) is 5.41 Å². The van der Waals surface area contributed by atoms with E-state index in [4.69, 9.17) is 0 Å². The van der Waals surface area contributed by atoms with Gasteiger partial charge in [0.1, 0.15) is 0 Å². The molecule has 0 unspecified atom stereocenters. The van der Waals surface area contributed by atoms with E-state index >= 15 is 0 Å². The van der Waals surface area contributed by atoms with Gasteiger partial charge in [-0.25, -0.2) is 0 Å². The predicted molar refractivity (Wildman–Crippen MR) is 632 cm³/mol. The summed E-state index contributed by atoms with van der Waals surface area (Å²) < 4.78 is 0. The fourth-order valence-corrected chi connectivity index (χ4v) is 17.1. The van der Waals surface area contributed by atoms with Crippen LogP contribution in [0.2, 0.25) is 0 Å². The molecule has 0 saturated carbocycles. The van der Waals surface area contributed by atoms with Crippen molar-refractivity contribution < 1.29 is 0 Å². The van der Waals surface area contributed by atoms with Gasteiger partial charge in [-0.05, 0) is 188 Å². The van der Waals surface area contributed by atoms with Crippen LogP contribution in [0.15, 0.2) is 546 Å². The standard InChI is InChI=1S/2C18H14.2C16H10.C15H14.C14H10.C12H10.C10H8.C6H6.8C2H6/c2*1-3-8-15(9-4-1)17-12-7-13-18(14-17)16-10-5-2-6-11-16;1-3-11-7-9-13-5-2-6-14-10-8-12(4-1)15(11)16(13)14;1-2-8-13-12(7-1)14-9-3-5-11-6-4-10-15(13)16(11)14;1-15(2)13-9-5-3-7-11(13)12-8-4-6-10-14(12)15;1-3-7-13-11(5-1)9-10-12-6-2-4-8-14(12)13;1-3-7-11(8-4-1)12-9-5-2-6-10-12;1-2-6-10-8-4-3-7-9(10)5-1;1-2-4-6-5-3-1;8*1-2/h2*1-14H;2*1-10H;3-10H,1-2H3;1-10H;1-10H;1-8H;1-6H;8*1-2H3. The Labute approximate surface area is 845 Å². The van der Waals surface area contributed by atoms with Gasteiger partial charge < -0.3 is 0 Å². The highest BCUT2D eigenvalue weighted by molar-refractivity contribution is 6.23. The molecule has 141 heavy (non-hydrogen) atoms. The molecule has 0 fully saturated rings. The zero-order chi connectivity index (χ0) is 101. The van der Waals surface area contributed by atoms with Crippen molar-refractivity contribution in [2.75, 3.05) is 0 Å². The van der Waals surface area contributed by atoms with E-state index in [1.165, 1.54) is 176 Å². The molecule has 0 atom stereocenters. The van der Waals surface area contributed by atoms with Gasteiger partial charge in [0.2, 0.25) is 0 Å². The van der Waals surface area contributed by atoms with Crippen LogP contribution in [0.1, 0.15) is 136 Å². The van der Waals surface area contributed by atoms with Gasteiger partial charge in [0.05, 0.1) is 0 Å². The number of benzene rings is 23. The van der Waals surface area contributed by atoms with Gasteiger partial charge in [0, 0.05) is 5.41 Å². The lowest BCUT2D eigenvalue weighted by Crippen LogP contribution is -2.14. The van der Waals surface area contributed by atoms with Gasteiger partial charge in [-0.15, -0.1) is 0 Å². The first-order valence-corrected chi connectivity index (χ1v) is 51.1. The molecule has 0 bridgehead atoms. The fraction of sp³-hybridized carbons (Fsp3) is 0.135. The van der Waals surface area contributed by atoms with E-state index in [-0.39, 0.29) is 5.41 Å². The maximum Gasteiger partial charge on any atom is 0.0158 e. The van der Waals surface area contributed by atoms with E-state index in [9.17, 15) is 0 Å². The van der Waals surface area contributed by atoms with Crippen LogP contribution >= 0.6 is 0 Å². The van der Waals surface area contributed by atoms with E-state index < -0.39 is 0 Å². The minimum atomic E-state index is 0.160. The normalized spacial score (nSPS) is 10.3. The number of fused-ring (bicyclic) bond motifs is 10. The van der Waals surface area contributed by atoms with Crippen molar-refractivity contribution in [1.82, 2.24) is 0 Å². The zero-order valence-electron chi connectivity index (χ0n) is 86.5. The second-order valence-electron chi connectivity index (χ2n) is 31.6. The maximum absolute atomic E-state index is 2.30. The Bertz CT molecular complexity index is 6740. The molecule has 23 aromatic carbocycles. The van der Waals surface area contributed by atoms with Crippen LogP contribution in [0, 0.1) is 0 Å². The van der Waals surface area contributed by atoms with Crippen LogP contribution < -0.4 is 0 Å². The minimum Gasteiger partial charge on any atom is -0.0683 e. The molecular formula is C141H144. The Hall–Kier alpha value is -15.9. The van der Waals surface area contributed by atoms with E-state index in [1.807, 2.05) is 184 Å². The predicted octanol–water partition coefficient (Wildman–Crippen LogP) is 43.2. The summed E-state index contributed by atoms with van der Waals surface area (Å²) >= 11 is 0. The number of hydrogen-bond acceptors (Lipinski definition) is 0. The summed E-state index contributed by atoms with van der Waals surface area (Å²) in [5, 5.41) is 18.8. The molecule has 0 heterocycles. The molecule has 25 rings (SSSR count). The largest absolute Gasteiger partial charge is 0.0683 e. The highest BCUT2D eigenvalue weighted by Crippen LogP contribution is 2.49. The summed E-state index contributed by atoms with van der Waals surface area (Å²) in [6.45, 7) is 36.6. The highest BCUT2D eigenvalue weighted by Gasteiger charge is 2.34. The first-order valence-electron chi connectivity index (χ1n) is 51.1. The minimum absolute atomic E-state index is 0.160. The van der Waals surface area contributed by atoms with Crippen LogP contribution in [0.5, 0.6) is 0 Å². The van der Waals surface area contributed by atoms with Crippen LogP contribution in [-0.4, -0.2) is 0 Å². The second kappa shape index (κ2) is 60.7. The summed E-state index contributed by atoms with van der Waals surface area (Å²) in [6.07, 6.45) is 0. The molecule has 0 amide bonds. The molecule has 0 saturated heterocycles. The van der Waals surface area contributed by atoms with Gasteiger partial charge in [-0.3, -0.25) is 0 Å². The molecule has 0 N–H and O–H groups in total. The van der Waals surface area contributed by atoms with E-state index in [2.05, 4.69) is 487 Å². The second-order valence-corrected chi connectivity index (χ2v) is 31.6. The molecule has 2 aliphatic carbocycles. The Morgan fingerprint density at radius 3 is 0.546 bits per heavy atom. The van der Waals surface area contributed by atoms with Gasteiger partial charge in [-0.2, -0.15) is 0 Å². The molecule has 0 radical (unpaired) electrons. The molecule has 0 nitrogen and oxygen atoms in total. The van der Waals surface area contributed by atoms with Crippen LogP contribution in [0.3, 0.4) is 0 Å². The SMILES string of the molecule is CC.CC.CC.CC.CC.CC.CC.CC.CC1(C)c2ccccc2-c2ccccc21.c1cc2ccc3cccc4ccc(c1)c2c34.c1ccc(-c2cccc(-c3ccccc3)c2)cc1.c1ccc(-c2cccc(-c3ccccc3)c2)cc1.c1ccc(-c2ccccc2)cc1.c1ccc2c(c1)-c1cccc3cccc-2c13.c1ccc2c(c1)ccc1ccccc12.c1ccc2ccccc2c1.c1ccccc1. The van der Waals surface area contributed by atoms with Crippen molar-refractivity contribution in [3.05, 3.63) is 557 Å². The Morgan fingerprint density at radius 2 is 0.277 bits per heavy atom. The molecular weight excluding hydrogens is 1690 g/mol. The Morgan fingerprint density at radius 1 is 0.113 bits per heavy atom. The summed E-state index contributed by atoms with van der Waals surface area (Å²) in [5.41, 5.74) is 24.0. The van der Waals surface area contributed by atoms with Crippen molar-refractivity contribution in [3.63, 3.8) is 0 Å². The quantitative estimate of drug-likeness (QED) is 0.151. The monoisotopic (exact) mass is 1840 g/mol. The van der Waals surface area contributed by atoms with Crippen molar-refractivity contribution >= 4 is 75.4 Å². The van der Waals surface area contributed by atoms with E-state index in [0.717, 1.165) is 0 Å². The topological polar surface area (TPSA) is 0 Å². The molecule has 0 aromatic heterocycles. The average molecular weight is 1840 g/mol. The van der Waals surface area contributed by atoms with E-state index in [1.54, 1.807) is 0 Å². The van der Waals surface area contributed by atoms with Crippen molar-refractivity contribution in [3.8, 4) is 89.0 Å². The summed E-state index contributed by atoms with van der Waals surface area (Å²) in [7, 11) is 0. The zero-order valence-corrected chi connectivity index (χ0v) is 86.5. The lowest BCUT2D eigenvalue weighted by atomic mass is 9.82. The smallest absolute Gasteiger partial charge is 0.0158 e. The third kappa shape index (κ3) is 29.6. The van der Waals surface area contributed by atoms with Gasteiger partial charge in [0.25, 0.3) is 0 Å². The summed E-state index contributed by atoms with van der Waals surface area (Å²) in [5.74, 6) is 0. The Balaban J connectivity index is 0.000000175. The summed E-state index contributed by atoms with van der Waals surface area (Å²) in [6, 6.07) is 191. The first kappa shape index (κ1) is 109. The van der Waals surface area contributed by atoms with Gasteiger partial charge in [0.15, 0.2) is 0 Å². The third-order valence-electron chi connectivity index (χ3n) is 23.3. The van der Waals surface area contributed by atoms with Crippen molar-refractivity contribution in [2.24, 2.45) is 0 Å². The van der Waals surface area contributed by atoms with Crippen LogP contribution in [0.4, 0.5) is 0 Å². The average Bonchev–Trinajstić information content (AvgIpc) is 1.57. The fourth-order valence-electron chi connectivity index (χ4n) is 17.1. The molecule has 0 heteroatoms. The highest BCUT2D eigenvalue weighted by atomic mass is 14.4. The Kier molecular flexibility index (Phi) is 46.8. The molecule has 23 aromatic rings. The van der Waals surface area contributed by atoms with Crippen molar-refractivity contribution in [1.29, 1.82) is 0 Å². The van der Waals surface area contributed by atoms with Gasteiger partial charge in [-0.1, -0.05) is 658 Å². The van der Waals surface area contributed by atoms with Gasteiger partial charge >= 0.3 is 0 Å². The number of rotatable bonds is 5. The number of hydrogen-bond donors (Lipinski definition) is 0. The molecule has 2 aliphatic rings. The third-order valence-corrected chi connectivity index (χ3v) is 23.3. The molecule has 0 spiro atoms.